The fraction of sp³-hybridized carbons (Fsp3) is 0.235. The normalized spacial score (nSPS) is 7.78. The first-order chi connectivity index (χ1) is 24.3. The molecule has 4 N–H and O–H groups in total. The molecule has 0 saturated carbocycles. The summed E-state index contributed by atoms with van der Waals surface area (Å²) in [5.74, 6) is -5.14. The molecule has 0 aliphatic carbocycles. The van der Waals surface area contributed by atoms with Gasteiger partial charge in [0, 0.05) is 73.6 Å². The molecule has 0 spiro atoms. The molecule has 2 aromatic carbocycles. The molecule has 4 rings (SSSR count). The average Bonchev–Trinajstić information content (AvgIpc) is 3.73. The smallest absolute Gasteiger partial charge is 0.550 e. The van der Waals surface area contributed by atoms with Gasteiger partial charge in [-0.3, -0.25) is 19.0 Å². The number of carboxylic acid groups (broad SMARTS) is 4. The van der Waals surface area contributed by atoms with Crippen LogP contribution in [-0.2, 0) is 66.4 Å². The van der Waals surface area contributed by atoms with Gasteiger partial charge in [-0.25, -0.2) is 0 Å². The molecule has 0 aliphatic heterocycles. The quantitative estimate of drug-likeness (QED) is 0.201. The number of aliphatic carboxylic acids is 4. The van der Waals surface area contributed by atoms with E-state index in [0.717, 1.165) is 38.8 Å². The van der Waals surface area contributed by atoms with E-state index in [4.69, 9.17) is 61.6 Å². The predicted molar refractivity (Wildman–Crippen MR) is 178 cm³/mol. The third-order valence-electron chi connectivity index (χ3n) is 4.28. The third kappa shape index (κ3) is 47.8. The van der Waals surface area contributed by atoms with Gasteiger partial charge in [0.25, 0.3) is 0 Å². The molecule has 298 valence electrons. The number of carbonyl (C=O) groups is 6. The van der Waals surface area contributed by atoms with Crippen molar-refractivity contribution in [3.8, 4) is 12.1 Å². The topological polar surface area (TPSA) is 330 Å². The maximum atomic E-state index is 10.8. The minimum Gasteiger partial charge on any atom is -0.550 e. The number of hydrogen-bond donors (Lipinski definition) is 2. The van der Waals surface area contributed by atoms with Crippen LogP contribution in [0.25, 0.3) is 0 Å². The Kier molecular flexibility index (Phi) is 43.7. The van der Waals surface area contributed by atoms with Gasteiger partial charge in [-0.2, -0.15) is 20.7 Å². The molecule has 2 radical (unpaired) electrons. The zero-order chi connectivity index (χ0) is 41.1. The summed E-state index contributed by atoms with van der Waals surface area (Å²) in [5.41, 5.74) is 13.5. The van der Waals surface area contributed by atoms with Crippen LogP contribution in [0.3, 0.4) is 0 Å². The number of primary amides is 2. The standard InChI is InChI=1S/2C11H11N3O.2C2H3N.4C2H4O2.2Cu/c2*12-11(15)10-4-2-9(3-5-10)8-14-7-1-6-13-14;2*1-2-3;4*1-2(3)4;;/h2*1-7H,8H2,(H2,12,15);2*1H3;4*1H3,(H,3,4);;/q;;;;;;;;2*+2/p-4. The number of nitrogens with zero attached hydrogens (tertiary/aromatic N) is 6. The van der Waals surface area contributed by atoms with E-state index in [1.807, 2.05) is 58.2 Å². The van der Waals surface area contributed by atoms with Crippen molar-refractivity contribution >= 4 is 35.7 Å². The molecular formula is C34H40Cu2N8O10. The zero-order valence-corrected chi connectivity index (χ0v) is 31.9. The number of benzene rings is 2. The van der Waals surface area contributed by atoms with Crippen LogP contribution in [0, 0.1) is 22.7 Å². The number of nitrogens with two attached hydrogens (primary N) is 2. The first-order valence-electron chi connectivity index (χ1n) is 14.3. The van der Waals surface area contributed by atoms with Crippen LogP contribution in [0.1, 0.15) is 73.4 Å². The summed E-state index contributed by atoms with van der Waals surface area (Å²) in [6.45, 7) is 8.15. The van der Waals surface area contributed by atoms with E-state index in [2.05, 4.69) is 10.2 Å². The van der Waals surface area contributed by atoms with Gasteiger partial charge in [0.05, 0.1) is 25.2 Å². The monoisotopic (exact) mass is 846 g/mol. The Morgan fingerprint density at radius 2 is 0.778 bits per heavy atom. The van der Waals surface area contributed by atoms with Gasteiger partial charge in [-0.05, 0) is 75.2 Å². The summed E-state index contributed by atoms with van der Waals surface area (Å²) in [6, 6.07) is 21.6. The predicted octanol–water partition coefficient (Wildman–Crippen LogP) is -1.86. The Balaban J connectivity index is -0.000000137. The minimum atomic E-state index is -1.08. The second-order valence-electron chi connectivity index (χ2n) is 8.94. The van der Waals surface area contributed by atoms with Crippen LogP contribution in [0.4, 0.5) is 0 Å². The Morgan fingerprint density at radius 1 is 0.574 bits per heavy atom. The molecule has 20 heteroatoms. The van der Waals surface area contributed by atoms with Crippen molar-refractivity contribution in [3.63, 3.8) is 0 Å². The van der Waals surface area contributed by atoms with Gasteiger partial charge in [-0.15, -0.1) is 0 Å². The van der Waals surface area contributed by atoms with Gasteiger partial charge in [0.15, 0.2) is 0 Å². The zero-order valence-electron chi connectivity index (χ0n) is 30.0. The van der Waals surface area contributed by atoms with Crippen molar-refractivity contribution < 1.29 is 83.3 Å². The van der Waals surface area contributed by atoms with Crippen molar-refractivity contribution in [2.75, 3.05) is 0 Å². The maximum Gasteiger partial charge on any atom is 2.00 e. The van der Waals surface area contributed by atoms with E-state index in [1.165, 1.54) is 13.8 Å². The molecule has 2 aromatic heterocycles. The fourth-order valence-corrected chi connectivity index (χ4v) is 2.71. The van der Waals surface area contributed by atoms with E-state index in [1.54, 1.807) is 48.8 Å². The van der Waals surface area contributed by atoms with Crippen molar-refractivity contribution in [1.29, 1.82) is 10.5 Å². The molecule has 0 fully saturated rings. The van der Waals surface area contributed by atoms with Crippen LogP contribution in [0.15, 0.2) is 85.5 Å². The van der Waals surface area contributed by atoms with E-state index in [0.29, 0.717) is 24.2 Å². The Hall–Kier alpha value is -6.30. The Labute approximate surface area is 333 Å². The molecule has 4 aromatic rings. The number of aromatic nitrogens is 4. The third-order valence-corrected chi connectivity index (χ3v) is 4.28. The first kappa shape index (κ1) is 59.8. The summed E-state index contributed by atoms with van der Waals surface area (Å²) < 4.78 is 3.64. The largest absolute Gasteiger partial charge is 2.00 e. The van der Waals surface area contributed by atoms with Crippen molar-refractivity contribution in [2.24, 2.45) is 11.5 Å². The summed E-state index contributed by atoms with van der Waals surface area (Å²) in [6.07, 6.45) is 7.25. The van der Waals surface area contributed by atoms with Crippen LogP contribution in [0.2, 0.25) is 0 Å². The molecular weight excluding hydrogens is 808 g/mol. The number of nitriles is 2. The molecule has 2 amide bonds. The molecule has 0 unspecified atom stereocenters. The Morgan fingerprint density at radius 3 is 0.926 bits per heavy atom. The Bertz CT molecular complexity index is 1510. The summed E-state index contributed by atoms with van der Waals surface area (Å²) >= 11 is 0. The van der Waals surface area contributed by atoms with Gasteiger partial charge >= 0.3 is 34.1 Å². The molecule has 2 heterocycles. The molecule has 0 bridgehead atoms. The van der Waals surface area contributed by atoms with Gasteiger partial charge in [0.1, 0.15) is 0 Å². The number of carbonyl (C=O) groups excluding carboxylic acids is 6. The minimum absolute atomic E-state index is 0. The molecule has 0 saturated heterocycles. The van der Waals surface area contributed by atoms with Crippen molar-refractivity contribution in [3.05, 3.63) is 108 Å². The van der Waals surface area contributed by atoms with Gasteiger partial charge in [0.2, 0.25) is 11.8 Å². The number of amides is 2. The summed E-state index contributed by atoms with van der Waals surface area (Å²) in [5, 5.41) is 58.4. The van der Waals surface area contributed by atoms with Gasteiger partial charge < -0.3 is 51.1 Å². The first-order valence-corrected chi connectivity index (χ1v) is 14.3. The summed E-state index contributed by atoms with van der Waals surface area (Å²) in [7, 11) is 0. The second kappa shape index (κ2) is 39.5. The molecule has 0 aliphatic rings. The van der Waals surface area contributed by atoms with E-state index < -0.39 is 35.7 Å². The van der Waals surface area contributed by atoms with Crippen LogP contribution in [0.5, 0.6) is 0 Å². The fourth-order valence-electron chi connectivity index (χ4n) is 2.71. The SMILES string of the molecule is CC#N.CC#N.CC(=O)[O-].CC(=O)[O-].CC(=O)[O-].CC(=O)[O-].NC(=O)c1ccc(Cn2cccn2)cc1.NC(=O)c1ccc(Cn2cccn2)cc1.[Cu+2].[Cu+2]. The second-order valence-corrected chi connectivity index (χ2v) is 8.94. The van der Waals surface area contributed by atoms with Crippen molar-refractivity contribution in [1.82, 2.24) is 19.6 Å². The van der Waals surface area contributed by atoms with E-state index in [9.17, 15) is 9.59 Å². The van der Waals surface area contributed by atoms with Gasteiger partial charge in [-0.1, -0.05) is 24.3 Å². The number of rotatable bonds is 6. The van der Waals surface area contributed by atoms with Crippen LogP contribution in [-0.4, -0.2) is 55.3 Å². The molecule has 54 heavy (non-hydrogen) atoms. The maximum absolute atomic E-state index is 10.8. The number of carboxylic acids is 4. The van der Waals surface area contributed by atoms with E-state index in [-0.39, 0.29) is 34.1 Å². The molecule has 0 atom stereocenters. The average molecular weight is 848 g/mol. The van der Waals surface area contributed by atoms with Crippen LogP contribution >= 0.6 is 0 Å². The van der Waals surface area contributed by atoms with Crippen LogP contribution < -0.4 is 31.9 Å². The molecule has 18 nitrogen and oxygen atoms in total. The number of hydrogen-bond acceptors (Lipinski definition) is 14. The summed E-state index contributed by atoms with van der Waals surface area (Å²) in [4.78, 5) is 57.2. The van der Waals surface area contributed by atoms with Crippen molar-refractivity contribution in [2.45, 2.75) is 54.6 Å². The van der Waals surface area contributed by atoms with E-state index >= 15 is 0 Å².